The maximum Gasteiger partial charge on any atom is 0.338 e. The minimum atomic E-state index is -3.00. The topological polar surface area (TPSA) is 80.3 Å². The maximum atomic E-state index is 13.6. The van der Waals surface area contributed by atoms with Gasteiger partial charge in [0, 0.05) is 0 Å². The normalized spacial score (nSPS) is 19.4. The molecule has 0 amide bonds. The van der Waals surface area contributed by atoms with E-state index in [-0.39, 0.29) is 11.6 Å². The second-order valence-corrected chi connectivity index (χ2v) is 17.1. The standard InChI is InChI=1S/C40H44O7Si/c1-5-6-19-28-43-39-36(47-38(42)31-22-13-8-14-23-31)35(46-37(41)30-20-11-7-12-21-30)34(45-39)29-44-48(40(2,3)4,32-24-15-9-16-25-32)33-26-17-10-18-27-33/h5,7-18,20-27,34-36,39H,1,6,19,28-29H2,2-4H3/t34-,35-,36+,39+/m1/s1. The molecule has 8 heteroatoms. The SMILES string of the molecule is C=CCCCO[C@H]1O[C@H](CO[Si](c2ccccc2)(c2ccccc2)C(C)(C)C)[C@@H](OC(=O)c2ccccc2)[C@@H]1OC(=O)c1ccccc1. The first-order chi connectivity index (χ1) is 23.2. The van der Waals surface area contributed by atoms with Gasteiger partial charge in [0.15, 0.2) is 18.5 Å². The first-order valence-corrected chi connectivity index (χ1v) is 18.3. The molecule has 250 valence electrons. The Hall–Kier alpha value is -4.34. The van der Waals surface area contributed by atoms with E-state index in [1.54, 1.807) is 48.5 Å². The molecule has 7 nitrogen and oxygen atoms in total. The van der Waals surface area contributed by atoms with Gasteiger partial charge in [-0.25, -0.2) is 9.59 Å². The van der Waals surface area contributed by atoms with Crippen LogP contribution in [0.3, 0.4) is 0 Å². The molecule has 0 aliphatic carbocycles. The average Bonchev–Trinajstić information content (AvgIpc) is 3.42. The molecule has 4 aromatic rings. The van der Waals surface area contributed by atoms with Crippen molar-refractivity contribution in [2.24, 2.45) is 0 Å². The summed E-state index contributed by atoms with van der Waals surface area (Å²) in [7, 11) is -3.00. The van der Waals surface area contributed by atoms with E-state index < -0.39 is 44.9 Å². The molecule has 0 spiro atoms. The Balaban J connectivity index is 1.52. The Morgan fingerprint density at radius 2 is 1.19 bits per heavy atom. The summed E-state index contributed by atoms with van der Waals surface area (Å²) < 4.78 is 32.2. The lowest BCUT2D eigenvalue weighted by Gasteiger charge is -2.43. The first-order valence-electron chi connectivity index (χ1n) is 16.4. The third-order valence-electron chi connectivity index (χ3n) is 8.49. The number of carbonyl (C=O) groups is 2. The Kier molecular flexibility index (Phi) is 11.8. The number of esters is 2. The van der Waals surface area contributed by atoms with Crippen LogP contribution in [-0.4, -0.2) is 58.1 Å². The van der Waals surface area contributed by atoms with Crippen molar-refractivity contribution in [3.05, 3.63) is 145 Å². The number of rotatable bonds is 14. The first kappa shape index (κ1) is 35.0. The van der Waals surface area contributed by atoms with Crippen molar-refractivity contribution < 1.29 is 33.0 Å². The lowest BCUT2D eigenvalue weighted by atomic mass is 10.1. The largest absolute Gasteiger partial charge is 0.452 e. The summed E-state index contributed by atoms with van der Waals surface area (Å²) in [6, 6.07) is 38.0. The number of hydrogen-bond donors (Lipinski definition) is 0. The van der Waals surface area contributed by atoms with Gasteiger partial charge in [0.05, 0.1) is 24.3 Å². The monoisotopic (exact) mass is 664 g/mol. The van der Waals surface area contributed by atoms with Gasteiger partial charge in [0.2, 0.25) is 0 Å². The lowest BCUT2D eigenvalue weighted by molar-refractivity contribution is -0.169. The van der Waals surface area contributed by atoms with Gasteiger partial charge >= 0.3 is 11.9 Å². The van der Waals surface area contributed by atoms with Crippen LogP contribution in [0.15, 0.2) is 134 Å². The Bertz CT molecular complexity index is 1570. The number of allylic oxidation sites excluding steroid dienone is 1. The van der Waals surface area contributed by atoms with Crippen LogP contribution in [0.5, 0.6) is 0 Å². The van der Waals surface area contributed by atoms with Crippen LogP contribution in [0.1, 0.15) is 54.3 Å². The highest BCUT2D eigenvalue weighted by Gasteiger charge is 2.54. The summed E-state index contributed by atoms with van der Waals surface area (Å²) in [6.07, 6.45) is -0.624. The Morgan fingerprint density at radius 1 is 0.729 bits per heavy atom. The lowest BCUT2D eigenvalue weighted by Crippen LogP contribution is -2.67. The molecule has 1 saturated heterocycles. The van der Waals surface area contributed by atoms with Crippen molar-refractivity contribution in [3.8, 4) is 0 Å². The molecule has 0 radical (unpaired) electrons. The third-order valence-corrected chi connectivity index (χ3v) is 13.5. The van der Waals surface area contributed by atoms with E-state index in [0.29, 0.717) is 24.2 Å². The zero-order valence-electron chi connectivity index (χ0n) is 27.8. The highest BCUT2D eigenvalue weighted by atomic mass is 28.4. The molecule has 4 aromatic carbocycles. The molecule has 0 N–H and O–H groups in total. The fourth-order valence-corrected chi connectivity index (χ4v) is 10.7. The van der Waals surface area contributed by atoms with E-state index in [0.717, 1.165) is 16.8 Å². The summed E-state index contributed by atoms with van der Waals surface area (Å²) in [6.45, 7) is 10.8. The zero-order chi connectivity index (χ0) is 34.0. The predicted molar refractivity (Wildman–Crippen MR) is 189 cm³/mol. The smallest absolute Gasteiger partial charge is 0.338 e. The number of hydrogen-bond acceptors (Lipinski definition) is 7. The van der Waals surface area contributed by atoms with Crippen molar-refractivity contribution >= 4 is 30.6 Å². The molecule has 0 unspecified atom stereocenters. The van der Waals surface area contributed by atoms with Gasteiger partial charge in [-0.3, -0.25) is 0 Å². The molecule has 4 atom stereocenters. The molecule has 1 fully saturated rings. The van der Waals surface area contributed by atoms with Gasteiger partial charge in [-0.1, -0.05) is 124 Å². The second-order valence-electron chi connectivity index (χ2n) is 12.8. The molecule has 1 heterocycles. The molecular weight excluding hydrogens is 621 g/mol. The minimum absolute atomic E-state index is 0.0614. The number of benzene rings is 4. The fourth-order valence-electron chi connectivity index (χ4n) is 6.16. The van der Waals surface area contributed by atoms with Gasteiger partial charge < -0.3 is 23.4 Å². The molecule has 0 bridgehead atoms. The van der Waals surface area contributed by atoms with Gasteiger partial charge in [-0.15, -0.1) is 6.58 Å². The van der Waals surface area contributed by atoms with Crippen LogP contribution in [0.4, 0.5) is 0 Å². The van der Waals surface area contributed by atoms with Crippen LogP contribution in [0, 0.1) is 0 Å². The summed E-state index contributed by atoms with van der Waals surface area (Å²) in [5.41, 5.74) is 0.732. The van der Waals surface area contributed by atoms with Crippen molar-refractivity contribution in [2.45, 2.75) is 63.3 Å². The second kappa shape index (κ2) is 16.2. The summed E-state index contributed by atoms with van der Waals surface area (Å²) in [5.74, 6) is -1.13. The maximum absolute atomic E-state index is 13.6. The molecular formula is C40H44O7Si. The van der Waals surface area contributed by atoms with Gasteiger partial charge in [0.25, 0.3) is 8.32 Å². The molecule has 1 aliphatic rings. The van der Waals surface area contributed by atoms with Crippen molar-refractivity contribution in [1.82, 2.24) is 0 Å². The molecule has 1 aliphatic heterocycles. The Morgan fingerprint density at radius 3 is 1.65 bits per heavy atom. The van der Waals surface area contributed by atoms with Gasteiger partial charge in [-0.2, -0.15) is 0 Å². The molecule has 0 aromatic heterocycles. The van der Waals surface area contributed by atoms with Crippen LogP contribution in [0.25, 0.3) is 0 Å². The molecule has 5 rings (SSSR count). The quantitative estimate of drug-likeness (QED) is 0.0641. The van der Waals surface area contributed by atoms with Crippen LogP contribution in [-0.2, 0) is 23.4 Å². The molecule has 0 saturated carbocycles. The van der Waals surface area contributed by atoms with Gasteiger partial charge in [-0.05, 0) is 52.5 Å². The van der Waals surface area contributed by atoms with E-state index in [2.05, 4.69) is 51.6 Å². The Labute approximate surface area is 284 Å². The number of unbranched alkanes of at least 4 members (excludes halogenated alkanes) is 1. The third kappa shape index (κ3) is 8.02. The van der Waals surface area contributed by atoms with Crippen LogP contribution < -0.4 is 10.4 Å². The minimum Gasteiger partial charge on any atom is -0.452 e. The van der Waals surface area contributed by atoms with Crippen molar-refractivity contribution in [2.75, 3.05) is 13.2 Å². The average molecular weight is 665 g/mol. The van der Waals surface area contributed by atoms with E-state index in [9.17, 15) is 9.59 Å². The fraction of sp³-hybridized carbons (Fsp3) is 0.300. The van der Waals surface area contributed by atoms with E-state index in [4.69, 9.17) is 23.4 Å². The van der Waals surface area contributed by atoms with Gasteiger partial charge in [0.1, 0.15) is 6.10 Å². The highest BCUT2D eigenvalue weighted by molar-refractivity contribution is 6.99. The summed E-state index contributed by atoms with van der Waals surface area (Å²) >= 11 is 0. The highest BCUT2D eigenvalue weighted by Crippen LogP contribution is 2.38. The van der Waals surface area contributed by atoms with Crippen LogP contribution >= 0.6 is 0 Å². The zero-order valence-corrected chi connectivity index (χ0v) is 28.8. The summed E-state index contributed by atoms with van der Waals surface area (Å²) in [4.78, 5) is 27.0. The summed E-state index contributed by atoms with van der Waals surface area (Å²) in [5, 5.41) is 1.90. The van der Waals surface area contributed by atoms with E-state index in [1.165, 1.54) is 0 Å². The number of carbonyl (C=O) groups excluding carboxylic acids is 2. The van der Waals surface area contributed by atoms with E-state index in [1.807, 2.05) is 54.6 Å². The van der Waals surface area contributed by atoms with Crippen molar-refractivity contribution in [3.63, 3.8) is 0 Å². The number of ether oxygens (including phenoxy) is 4. The molecule has 48 heavy (non-hydrogen) atoms. The van der Waals surface area contributed by atoms with Crippen molar-refractivity contribution in [1.29, 1.82) is 0 Å². The predicted octanol–water partition coefficient (Wildman–Crippen LogP) is 6.72. The van der Waals surface area contributed by atoms with Crippen LogP contribution in [0.2, 0.25) is 5.04 Å². The van der Waals surface area contributed by atoms with E-state index >= 15 is 0 Å².